The zero-order valence-corrected chi connectivity index (χ0v) is 27.4. The van der Waals surface area contributed by atoms with Gasteiger partial charge in [0.25, 0.3) is 0 Å². The number of alkyl halides is 3. The van der Waals surface area contributed by atoms with E-state index < -0.39 is 29.8 Å². The zero-order valence-electron chi connectivity index (χ0n) is 26.7. The van der Waals surface area contributed by atoms with Crippen molar-refractivity contribution in [3.8, 4) is 11.6 Å². The van der Waals surface area contributed by atoms with E-state index in [-0.39, 0.29) is 42.8 Å². The lowest BCUT2D eigenvalue weighted by Gasteiger charge is -2.27. The number of fused-ring (bicyclic) bond motifs is 3. The lowest BCUT2D eigenvalue weighted by Crippen LogP contribution is -2.37. The molecule has 0 fully saturated rings. The van der Waals surface area contributed by atoms with Gasteiger partial charge < -0.3 is 34.3 Å². The summed E-state index contributed by atoms with van der Waals surface area (Å²) in [6.07, 6.45) is -2.74. The molecule has 12 nitrogen and oxygen atoms in total. The Hall–Kier alpha value is -4.63. The molecule has 0 aliphatic rings. The highest BCUT2D eigenvalue weighted by atomic mass is 35.5. The van der Waals surface area contributed by atoms with Gasteiger partial charge >= 0.3 is 18.4 Å². The number of carbonyl (C=O) groups is 2. The van der Waals surface area contributed by atoms with Gasteiger partial charge in [0.1, 0.15) is 23.5 Å². The molecule has 1 amide bonds. The van der Waals surface area contributed by atoms with Crippen molar-refractivity contribution >= 4 is 51.4 Å². The SMILES string of the molecule is CNc1ncc2c(n1)c(OCCOCCCCN(Cc1ccc(OC(F)(F)F)c(Cl)c1)C(=O)OC(C)(C)C)nc1cc(C(=O)O)ccc12. The summed E-state index contributed by atoms with van der Waals surface area (Å²) in [4.78, 5) is 39.1. The maximum Gasteiger partial charge on any atom is 0.573 e. The third-order valence-corrected chi connectivity index (χ3v) is 6.95. The van der Waals surface area contributed by atoms with E-state index in [0.717, 1.165) is 6.07 Å². The molecule has 2 heterocycles. The van der Waals surface area contributed by atoms with Crippen LogP contribution in [-0.2, 0) is 16.0 Å². The Morgan fingerprint density at radius 3 is 2.44 bits per heavy atom. The van der Waals surface area contributed by atoms with Gasteiger partial charge in [0.2, 0.25) is 11.8 Å². The molecule has 0 atom stereocenters. The van der Waals surface area contributed by atoms with Crippen LogP contribution in [0.1, 0.15) is 49.5 Å². The average Bonchev–Trinajstić information content (AvgIpc) is 3.00. The Morgan fingerprint density at radius 2 is 1.77 bits per heavy atom. The van der Waals surface area contributed by atoms with Crippen LogP contribution in [0.15, 0.2) is 42.6 Å². The molecule has 0 saturated carbocycles. The van der Waals surface area contributed by atoms with Crippen LogP contribution in [0.2, 0.25) is 5.02 Å². The van der Waals surface area contributed by atoms with Gasteiger partial charge in [0, 0.05) is 43.7 Å². The Kier molecular flexibility index (Phi) is 11.7. The maximum absolute atomic E-state index is 12.9. The molecular formula is C32H35ClF3N5O7. The molecule has 0 radical (unpaired) electrons. The second-order valence-corrected chi connectivity index (χ2v) is 11.9. The number of carboxylic acids is 1. The van der Waals surface area contributed by atoms with Crippen molar-refractivity contribution in [3.05, 3.63) is 58.7 Å². The van der Waals surface area contributed by atoms with Gasteiger partial charge in [-0.05, 0) is 63.4 Å². The van der Waals surface area contributed by atoms with Crippen molar-refractivity contribution in [1.82, 2.24) is 19.9 Å². The van der Waals surface area contributed by atoms with Crippen molar-refractivity contribution in [2.45, 2.75) is 52.1 Å². The first-order chi connectivity index (χ1) is 22.6. The van der Waals surface area contributed by atoms with E-state index in [4.69, 9.17) is 25.8 Å². The van der Waals surface area contributed by atoms with Crippen LogP contribution in [0.25, 0.3) is 21.8 Å². The molecule has 4 aromatic rings. The number of amides is 1. The maximum atomic E-state index is 12.9. The monoisotopic (exact) mass is 693 g/mol. The fourth-order valence-electron chi connectivity index (χ4n) is 4.55. The van der Waals surface area contributed by atoms with E-state index in [2.05, 4.69) is 25.0 Å². The molecule has 16 heteroatoms. The third kappa shape index (κ3) is 10.2. The van der Waals surface area contributed by atoms with Crippen LogP contribution >= 0.6 is 11.6 Å². The molecule has 0 spiro atoms. The van der Waals surface area contributed by atoms with Gasteiger partial charge in [-0.25, -0.2) is 24.5 Å². The number of hydrogen-bond acceptors (Lipinski definition) is 10. The number of ether oxygens (including phenoxy) is 4. The number of nitrogens with zero attached hydrogens (tertiary/aromatic N) is 4. The normalized spacial score (nSPS) is 11.8. The molecule has 0 bridgehead atoms. The van der Waals surface area contributed by atoms with Crippen molar-refractivity contribution in [1.29, 1.82) is 0 Å². The molecule has 4 rings (SSSR count). The van der Waals surface area contributed by atoms with Crippen LogP contribution in [0.5, 0.6) is 11.6 Å². The number of carboxylic acid groups (broad SMARTS) is 1. The van der Waals surface area contributed by atoms with E-state index in [1.807, 2.05) is 0 Å². The number of anilines is 1. The standard InChI is InChI=1S/C32H35ClF3N5O7/c1-31(2,3)48-30(44)41(18-19-7-10-25(23(33)15-19)47-32(34,35)36)11-5-6-12-45-13-14-46-27-26-22(17-38-29(37-4)40-26)21-9-8-20(28(42)43)16-24(21)39-27/h7-10,15-17H,5-6,11-14,18H2,1-4H3,(H,42,43)(H,37,38,40). The second kappa shape index (κ2) is 15.5. The molecule has 258 valence electrons. The van der Waals surface area contributed by atoms with Crippen molar-refractivity contribution in [2.24, 2.45) is 0 Å². The van der Waals surface area contributed by atoms with Gasteiger partial charge in [-0.3, -0.25) is 0 Å². The number of carbonyl (C=O) groups excluding carboxylic acids is 1. The van der Waals surface area contributed by atoms with Crippen LogP contribution in [0.4, 0.5) is 23.9 Å². The molecule has 0 aliphatic carbocycles. The predicted octanol–water partition coefficient (Wildman–Crippen LogP) is 7.08. The fourth-order valence-corrected chi connectivity index (χ4v) is 4.79. The van der Waals surface area contributed by atoms with E-state index in [1.54, 1.807) is 40.1 Å². The minimum Gasteiger partial charge on any atom is -0.478 e. The highest BCUT2D eigenvalue weighted by Crippen LogP contribution is 2.32. The third-order valence-electron chi connectivity index (χ3n) is 6.65. The summed E-state index contributed by atoms with van der Waals surface area (Å²) < 4.78 is 58.9. The Balaban J connectivity index is 1.32. The number of hydrogen-bond donors (Lipinski definition) is 2. The van der Waals surface area contributed by atoms with Gasteiger partial charge in [0.15, 0.2) is 0 Å². The minimum atomic E-state index is -4.89. The summed E-state index contributed by atoms with van der Waals surface area (Å²) in [6, 6.07) is 8.42. The summed E-state index contributed by atoms with van der Waals surface area (Å²) in [6.45, 7) is 6.21. The van der Waals surface area contributed by atoms with E-state index >= 15 is 0 Å². The number of nitrogens with one attached hydrogen (secondary N) is 1. The van der Waals surface area contributed by atoms with E-state index in [1.165, 1.54) is 29.2 Å². The number of benzene rings is 2. The zero-order chi connectivity index (χ0) is 35.1. The summed E-state index contributed by atoms with van der Waals surface area (Å²) in [5.74, 6) is -1.05. The number of halogens is 4. The number of pyridine rings is 1. The highest BCUT2D eigenvalue weighted by molar-refractivity contribution is 6.32. The Morgan fingerprint density at radius 1 is 1.00 bits per heavy atom. The number of aromatic carboxylic acids is 1. The van der Waals surface area contributed by atoms with Crippen LogP contribution in [0, 0.1) is 0 Å². The van der Waals surface area contributed by atoms with Crippen LogP contribution in [0.3, 0.4) is 0 Å². The van der Waals surface area contributed by atoms with Crippen LogP contribution < -0.4 is 14.8 Å². The number of aromatic nitrogens is 3. The molecule has 0 aliphatic heterocycles. The van der Waals surface area contributed by atoms with Gasteiger partial charge in [-0.15, -0.1) is 13.2 Å². The predicted molar refractivity (Wildman–Crippen MR) is 172 cm³/mol. The molecule has 48 heavy (non-hydrogen) atoms. The lowest BCUT2D eigenvalue weighted by atomic mass is 10.1. The first-order valence-corrected chi connectivity index (χ1v) is 15.3. The Labute approximate surface area is 279 Å². The summed E-state index contributed by atoms with van der Waals surface area (Å²) >= 11 is 6.00. The first kappa shape index (κ1) is 36.2. The number of unbranched alkanes of at least 4 members (excludes halogenated alkanes) is 1. The average molecular weight is 694 g/mol. The van der Waals surface area contributed by atoms with Gasteiger partial charge in [0.05, 0.1) is 22.7 Å². The lowest BCUT2D eigenvalue weighted by molar-refractivity contribution is -0.274. The van der Waals surface area contributed by atoms with E-state index in [9.17, 15) is 27.9 Å². The topological polar surface area (TPSA) is 145 Å². The van der Waals surface area contributed by atoms with Crippen molar-refractivity contribution in [2.75, 3.05) is 38.7 Å². The highest BCUT2D eigenvalue weighted by Gasteiger charge is 2.32. The quantitative estimate of drug-likeness (QED) is 0.103. The summed E-state index contributed by atoms with van der Waals surface area (Å²) in [7, 11) is 1.68. The van der Waals surface area contributed by atoms with Gasteiger partial charge in [-0.1, -0.05) is 23.7 Å². The first-order valence-electron chi connectivity index (χ1n) is 14.9. The largest absolute Gasteiger partial charge is 0.573 e. The summed E-state index contributed by atoms with van der Waals surface area (Å²) in [5.41, 5.74) is 0.691. The van der Waals surface area contributed by atoms with E-state index in [0.29, 0.717) is 52.8 Å². The minimum absolute atomic E-state index is 0.0507. The molecule has 0 unspecified atom stereocenters. The molecule has 2 aromatic heterocycles. The van der Waals surface area contributed by atoms with Gasteiger partial charge in [-0.2, -0.15) is 0 Å². The molecule has 2 N–H and O–H groups in total. The molecule has 0 saturated heterocycles. The van der Waals surface area contributed by atoms with Crippen LogP contribution in [-0.4, -0.2) is 82.4 Å². The fraction of sp³-hybridized carbons (Fsp3) is 0.406. The van der Waals surface area contributed by atoms with Crippen molar-refractivity contribution < 1.29 is 46.8 Å². The summed E-state index contributed by atoms with van der Waals surface area (Å²) in [5, 5.41) is 13.4. The second-order valence-electron chi connectivity index (χ2n) is 11.5. The smallest absolute Gasteiger partial charge is 0.478 e. The molecule has 2 aromatic carbocycles. The number of rotatable bonds is 14. The van der Waals surface area contributed by atoms with Crippen molar-refractivity contribution in [3.63, 3.8) is 0 Å². The molecular weight excluding hydrogens is 659 g/mol. The Bertz CT molecular complexity index is 1770.